The van der Waals surface area contributed by atoms with Crippen LogP contribution in [0.3, 0.4) is 0 Å². The zero-order chi connectivity index (χ0) is 23.3. The standard InChI is InChI=1S/C23H26Cl2N4OS2/c1-5-29-20(12-31-11-17-6-7-18(24)10-19(17)25)27-28-23(29)32-13-21(30)26-22-15(3)8-14(2)9-16(22)4/h6-10H,5,11-13H2,1-4H3,(H,26,30). The zero-order valence-corrected chi connectivity index (χ0v) is 21.7. The number of anilines is 1. The van der Waals surface area contributed by atoms with E-state index in [1.54, 1.807) is 17.8 Å². The van der Waals surface area contributed by atoms with Crippen molar-refractivity contribution in [1.82, 2.24) is 14.8 Å². The summed E-state index contributed by atoms with van der Waals surface area (Å²) >= 11 is 15.3. The van der Waals surface area contributed by atoms with Crippen molar-refractivity contribution < 1.29 is 4.79 Å². The second kappa shape index (κ2) is 11.5. The molecule has 0 spiro atoms. The molecule has 1 aromatic heterocycles. The van der Waals surface area contributed by atoms with Gasteiger partial charge in [0, 0.05) is 28.0 Å². The lowest BCUT2D eigenvalue weighted by Gasteiger charge is -2.13. The molecule has 2 aromatic carbocycles. The molecule has 0 atom stereocenters. The number of carbonyl (C=O) groups is 1. The van der Waals surface area contributed by atoms with Crippen molar-refractivity contribution >= 4 is 58.3 Å². The molecule has 0 aliphatic carbocycles. The molecule has 170 valence electrons. The molecular formula is C23H26Cl2N4OS2. The van der Waals surface area contributed by atoms with Gasteiger partial charge in [0.25, 0.3) is 0 Å². The topological polar surface area (TPSA) is 59.8 Å². The fourth-order valence-electron chi connectivity index (χ4n) is 3.42. The van der Waals surface area contributed by atoms with Gasteiger partial charge in [-0.05, 0) is 56.5 Å². The Morgan fingerprint density at radius 2 is 1.78 bits per heavy atom. The molecule has 0 radical (unpaired) electrons. The Labute approximate surface area is 207 Å². The molecule has 0 saturated heterocycles. The summed E-state index contributed by atoms with van der Waals surface area (Å²) in [5.74, 6) is 2.57. The van der Waals surface area contributed by atoms with Crippen molar-refractivity contribution in [1.29, 1.82) is 0 Å². The summed E-state index contributed by atoms with van der Waals surface area (Å²) in [6.45, 7) is 8.87. The predicted molar refractivity (Wildman–Crippen MR) is 137 cm³/mol. The number of thioether (sulfide) groups is 2. The SMILES string of the molecule is CCn1c(CSCc2ccc(Cl)cc2Cl)nnc1SCC(=O)Nc1c(C)cc(C)cc1C. The Kier molecular flexibility index (Phi) is 8.94. The Morgan fingerprint density at radius 1 is 1.06 bits per heavy atom. The maximum atomic E-state index is 12.6. The number of halogens is 2. The molecule has 5 nitrogen and oxygen atoms in total. The number of nitrogens with zero attached hydrogens (tertiary/aromatic N) is 3. The van der Waals surface area contributed by atoms with Crippen molar-refractivity contribution in [2.45, 2.75) is 50.9 Å². The van der Waals surface area contributed by atoms with E-state index in [-0.39, 0.29) is 11.7 Å². The molecule has 1 amide bonds. The molecule has 0 fully saturated rings. The van der Waals surface area contributed by atoms with Crippen LogP contribution in [-0.2, 0) is 22.8 Å². The third kappa shape index (κ3) is 6.44. The molecule has 1 heterocycles. The van der Waals surface area contributed by atoms with Gasteiger partial charge in [0.15, 0.2) is 5.16 Å². The summed E-state index contributed by atoms with van der Waals surface area (Å²) in [6.07, 6.45) is 0. The number of hydrogen-bond acceptors (Lipinski definition) is 5. The molecule has 32 heavy (non-hydrogen) atoms. The van der Waals surface area contributed by atoms with E-state index in [0.29, 0.717) is 15.8 Å². The van der Waals surface area contributed by atoms with E-state index in [1.807, 2.05) is 26.0 Å². The number of rotatable bonds is 9. The quantitative estimate of drug-likeness (QED) is 0.326. The molecule has 3 aromatic rings. The minimum atomic E-state index is -0.0518. The molecule has 0 unspecified atom stereocenters. The minimum absolute atomic E-state index is 0.0518. The van der Waals surface area contributed by atoms with Crippen LogP contribution >= 0.6 is 46.7 Å². The van der Waals surface area contributed by atoms with Crippen molar-refractivity contribution in [2.75, 3.05) is 11.1 Å². The molecule has 3 rings (SSSR count). The lowest BCUT2D eigenvalue weighted by Crippen LogP contribution is -2.16. The van der Waals surface area contributed by atoms with Crippen LogP contribution in [0.1, 0.15) is 35.0 Å². The largest absolute Gasteiger partial charge is 0.325 e. The molecule has 9 heteroatoms. The van der Waals surface area contributed by atoms with Gasteiger partial charge >= 0.3 is 0 Å². The smallest absolute Gasteiger partial charge is 0.234 e. The fraction of sp³-hybridized carbons (Fsp3) is 0.348. The van der Waals surface area contributed by atoms with Crippen molar-refractivity contribution in [2.24, 2.45) is 0 Å². The first-order valence-electron chi connectivity index (χ1n) is 10.2. The highest BCUT2D eigenvalue weighted by Crippen LogP contribution is 2.27. The van der Waals surface area contributed by atoms with Gasteiger partial charge in [0.2, 0.25) is 5.91 Å². The average Bonchev–Trinajstić information content (AvgIpc) is 3.12. The summed E-state index contributed by atoms with van der Waals surface area (Å²) in [4.78, 5) is 12.6. The van der Waals surface area contributed by atoms with Crippen LogP contribution in [0.4, 0.5) is 5.69 Å². The lowest BCUT2D eigenvalue weighted by molar-refractivity contribution is -0.113. The number of nitrogens with one attached hydrogen (secondary N) is 1. The highest BCUT2D eigenvalue weighted by Gasteiger charge is 2.15. The van der Waals surface area contributed by atoms with Crippen LogP contribution in [0, 0.1) is 20.8 Å². The maximum absolute atomic E-state index is 12.6. The number of amides is 1. The van der Waals surface area contributed by atoms with Gasteiger partial charge in [-0.3, -0.25) is 4.79 Å². The number of aryl methyl sites for hydroxylation is 3. The van der Waals surface area contributed by atoms with E-state index in [0.717, 1.165) is 45.7 Å². The number of aromatic nitrogens is 3. The van der Waals surface area contributed by atoms with E-state index in [1.165, 1.54) is 17.3 Å². The van der Waals surface area contributed by atoms with Gasteiger partial charge < -0.3 is 9.88 Å². The van der Waals surface area contributed by atoms with Gasteiger partial charge in [-0.15, -0.1) is 22.0 Å². The second-order valence-corrected chi connectivity index (χ2v) is 10.3. The fourth-order valence-corrected chi connectivity index (χ4v) is 5.77. The Hall–Kier alpha value is -1.67. The van der Waals surface area contributed by atoms with Gasteiger partial charge in [-0.1, -0.05) is 58.7 Å². The molecule has 1 N–H and O–H groups in total. The molecule has 0 saturated carbocycles. The average molecular weight is 510 g/mol. The zero-order valence-electron chi connectivity index (χ0n) is 18.5. The second-order valence-electron chi connectivity index (χ2n) is 7.48. The lowest BCUT2D eigenvalue weighted by atomic mass is 10.1. The third-order valence-electron chi connectivity index (χ3n) is 4.89. The third-order valence-corrected chi connectivity index (χ3v) is 7.42. The highest BCUT2D eigenvalue weighted by molar-refractivity contribution is 7.99. The van der Waals surface area contributed by atoms with Gasteiger partial charge in [0.1, 0.15) is 5.82 Å². The van der Waals surface area contributed by atoms with Gasteiger partial charge in [-0.2, -0.15) is 0 Å². The molecule has 0 aliphatic heterocycles. The monoisotopic (exact) mass is 508 g/mol. The van der Waals surface area contributed by atoms with Crippen molar-refractivity contribution in [3.8, 4) is 0 Å². The summed E-state index contributed by atoms with van der Waals surface area (Å²) in [6, 6.07) is 9.69. The van der Waals surface area contributed by atoms with Crippen LogP contribution in [0.25, 0.3) is 0 Å². The highest BCUT2D eigenvalue weighted by atomic mass is 35.5. The normalized spacial score (nSPS) is 11.1. The summed E-state index contributed by atoms with van der Waals surface area (Å²) in [5, 5.41) is 13.7. The van der Waals surface area contributed by atoms with Gasteiger partial charge in [0.05, 0.1) is 11.5 Å². The van der Waals surface area contributed by atoms with Crippen molar-refractivity contribution in [3.05, 3.63) is 68.5 Å². The Bertz CT molecular complexity index is 1090. The van der Waals surface area contributed by atoms with E-state index >= 15 is 0 Å². The number of carbonyl (C=O) groups excluding carboxylic acids is 1. The van der Waals surface area contributed by atoms with Crippen LogP contribution < -0.4 is 5.32 Å². The molecular weight excluding hydrogens is 483 g/mol. The molecule has 0 aliphatic rings. The van der Waals surface area contributed by atoms with E-state index in [9.17, 15) is 4.79 Å². The first kappa shape index (κ1) is 25.0. The Balaban J connectivity index is 1.57. The van der Waals surface area contributed by atoms with E-state index < -0.39 is 0 Å². The first-order valence-corrected chi connectivity index (χ1v) is 13.1. The summed E-state index contributed by atoms with van der Waals surface area (Å²) in [7, 11) is 0. The van der Waals surface area contributed by atoms with E-state index in [4.69, 9.17) is 23.2 Å². The van der Waals surface area contributed by atoms with Crippen molar-refractivity contribution in [3.63, 3.8) is 0 Å². The van der Waals surface area contributed by atoms with Gasteiger partial charge in [-0.25, -0.2) is 0 Å². The maximum Gasteiger partial charge on any atom is 0.234 e. The van der Waals surface area contributed by atoms with Crippen LogP contribution in [0.2, 0.25) is 10.0 Å². The summed E-state index contributed by atoms with van der Waals surface area (Å²) < 4.78 is 2.05. The minimum Gasteiger partial charge on any atom is -0.325 e. The predicted octanol–water partition coefficient (Wildman–Crippen LogP) is 6.69. The molecule has 0 bridgehead atoms. The first-order chi connectivity index (χ1) is 15.3. The number of benzene rings is 2. The Morgan fingerprint density at radius 3 is 2.44 bits per heavy atom. The van der Waals surface area contributed by atoms with Crippen LogP contribution in [0.5, 0.6) is 0 Å². The van der Waals surface area contributed by atoms with Crippen LogP contribution in [0.15, 0.2) is 35.5 Å². The summed E-state index contributed by atoms with van der Waals surface area (Å²) in [5.41, 5.74) is 5.25. The van der Waals surface area contributed by atoms with Crippen LogP contribution in [-0.4, -0.2) is 26.4 Å². The van der Waals surface area contributed by atoms with E-state index in [2.05, 4.69) is 46.1 Å². The number of hydrogen-bond donors (Lipinski definition) is 1.